The normalized spacial score (nSPS) is 23.6. The van der Waals surface area contributed by atoms with Crippen LogP contribution >= 0.6 is 0 Å². The second-order valence-corrected chi connectivity index (χ2v) is 9.45. The van der Waals surface area contributed by atoms with Gasteiger partial charge in [-0.3, -0.25) is 9.59 Å². The molecule has 3 rings (SSSR count). The van der Waals surface area contributed by atoms with Crippen LogP contribution in [0.25, 0.3) is 5.76 Å². The van der Waals surface area contributed by atoms with Crippen molar-refractivity contribution >= 4 is 23.3 Å². The van der Waals surface area contributed by atoms with E-state index in [-0.39, 0.29) is 41.6 Å². The Bertz CT molecular complexity index is 983. The van der Waals surface area contributed by atoms with Crippen molar-refractivity contribution in [1.82, 2.24) is 0 Å². The standard InChI is InChI=1S/C25H30O6/c1-15(9-8-12-25(5)16(2)31-25)23(29)30-14-24(3,4)13-19-20(26)17-10-6-7-11-18(17)21(27)22(19)28/h6-7,9-11,16,26H,8,12-14H2,1-5H3/t16-,25+/m1/s1. The van der Waals surface area contributed by atoms with Gasteiger partial charge in [-0.05, 0) is 40.0 Å². The Kier molecular flexibility index (Phi) is 6.23. The van der Waals surface area contributed by atoms with E-state index in [1.54, 1.807) is 25.1 Å². The largest absolute Gasteiger partial charge is 0.507 e. The number of rotatable bonds is 8. The van der Waals surface area contributed by atoms with Gasteiger partial charge in [0.1, 0.15) is 5.76 Å². The van der Waals surface area contributed by atoms with E-state index >= 15 is 0 Å². The first-order chi connectivity index (χ1) is 14.4. The number of Topliss-reactive ketones (excluding diaryl/α,β-unsaturated/α-hetero) is 2. The minimum atomic E-state index is -0.711. The van der Waals surface area contributed by atoms with E-state index in [1.165, 1.54) is 6.07 Å². The highest BCUT2D eigenvalue weighted by Crippen LogP contribution is 2.40. The topological polar surface area (TPSA) is 93.2 Å². The summed E-state index contributed by atoms with van der Waals surface area (Å²) in [5, 5.41) is 10.6. The highest BCUT2D eigenvalue weighted by atomic mass is 16.6. The molecule has 1 aromatic carbocycles. The summed E-state index contributed by atoms with van der Waals surface area (Å²) in [7, 11) is 0. The van der Waals surface area contributed by atoms with E-state index < -0.39 is 23.0 Å². The lowest BCUT2D eigenvalue weighted by Gasteiger charge is -2.27. The lowest BCUT2D eigenvalue weighted by atomic mass is 9.79. The summed E-state index contributed by atoms with van der Waals surface area (Å²) in [5.41, 5.74) is 0.402. The first-order valence-electron chi connectivity index (χ1n) is 10.6. The molecule has 0 bridgehead atoms. The van der Waals surface area contributed by atoms with Crippen molar-refractivity contribution in [2.75, 3.05) is 6.61 Å². The summed E-state index contributed by atoms with van der Waals surface area (Å²) in [5.74, 6) is -1.94. The molecule has 1 N–H and O–H groups in total. The molecule has 1 aliphatic heterocycles. The lowest BCUT2D eigenvalue weighted by molar-refractivity contribution is -0.141. The first kappa shape index (κ1) is 22.9. The fraction of sp³-hybridized carbons (Fsp3) is 0.480. The van der Waals surface area contributed by atoms with E-state index in [0.29, 0.717) is 11.1 Å². The number of fused-ring (bicyclic) bond motifs is 1. The molecule has 6 nitrogen and oxygen atoms in total. The van der Waals surface area contributed by atoms with Crippen molar-refractivity contribution in [3.8, 4) is 0 Å². The Morgan fingerprint density at radius 1 is 1.23 bits per heavy atom. The highest BCUT2D eigenvalue weighted by Gasteiger charge is 2.47. The molecule has 1 saturated heterocycles. The van der Waals surface area contributed by atoms with Gasteiger partial charge in [-0.1, -0.05) is 44.2 Å². The number of esters is 1. The zero-order chi connectivity index (χ0) is 23.0. The molecular weight excluding hydrogens is 396 g/mol. The third-order valence-electron chi connectivity index (χ3n) is 6.10. The van der Waals surface area contributed by atoms with Crippen LogP contribution in [-0.2, 0) is 19.1 Å². The molecule has 0 amide bonds. The lowest BCUT2D eigenvalue weighted by Crippen LogP contribution is -2.30. The first-order valence-corrected chi connectivity index (χ1v) is 10.6. The molecule has 1 aliphatic carbocycles. The summed E-state index contributed by atoms with van der Waals surface area (Å²) >= 11 is 0. The van der Waals surface area contributed by atoms with Gasteiger partial charge in [-0.2, -0.15) is 0 Å². The number of carbonyl (C=O) groups excluding carboxylic acids is 3. The van der Waals surface area contributed by atoms with Crippen LogP contribution in [0, 0.1) is 5.41 Å². The predicted molar refractivity (Wildman–Crippen MR) is 117 cm³/mol. The monoisotopic (exact) mass is 426 g/mol. The number of epoxide rings is 1. The van der Waals surface area contributed by atoms with Crippen LogP contribution in [0.4, 0.5) is 0 Å². The number of aliphatic hydroxyl groups excluding tert-OH is 1. The summed E-state index contributed by atoms with van der Waals surface area (Å²) in [6, 6.07) is 6.50. The average Bonchev–Trinajstić information content (AvgIpc) is 3.33. The SMILES string of the molecule is CC(=CCC[C@]1(C)O[C@@H]1C)C(=O)OCC(C)(C)CC1=C(O)c2ccccc2C(=O)C1=O. The average molecular weight is 427 g/mol. The number of hydrogen-bond donors (Lipinski definition) is 1. The zero-order valence-corrected chi connectivity index (χ0v) is 18.8. The molecule has 0 saturated carbocycles. The fourth-order valence-electron chi connectivity index (χ4n) is 3.78. The molecule has 2 atom stereocenters. The maximum atomic E-state index is 12.6. The van der Waals surface area contributed by atoms with Crippen LogP contribution in [0.5, 0.6) is 0 Å². The van der Waals surface area contributed by atoms with Crippen LogP contribution in [0.15, 0.2) is 41.5 Å². The summed E-state index contributed by atoms with van der Waals surface area (Å²) in [6.07, 6.45) is 3.78. The van der Waals surface area contributed by atoms with Crippen LogP contribution in [-0.4, -0.2) is 41.0 Å². The van der Waals surface area contributed by atoms with Gasteiger partial charge in [0.25, 0.3) is 0 Å². The van der Waals surface area contributed by atoms with Crippen molar-refractivity contribution in [1.29, 1.82) is 0 Å². The Morgan fingerprint density at radius 2 is 1.84 bits per heavy atom. The van der Waals surface area contributed by atoms with E-state index in [9.17, 15) is 19.5 Å². The third-order valence-corrected chi connectivity index (χ3v) is 6.10. The van der Waals surface area contributed by atoms with E-state index in [4.69, 9.17) is 9.47 Å². The van der Waals surface area contributed by atoms with Crippen molar-refractivity contribution in [2.45, 2.75) is 65.6 Å². The van der Waals surface area contributed by atoms with Gasteiger partial charge in [0, 0.05) is 27.7 Å². The van der Waals surface area contributed by atoms with Crippen molar-refractivity contribution in [3.05, 3.63) is 52.6 Å². The van der Waals surface area contributed by atoms with Crippen LogP contribution in [0.3, 0.4) is 0 Å². The summed E-state index contributed by atoms with van der Waals surface area (Å²) < 4.78 is 11.0. The van der Waals surface area contributed by atoms with Crippen molar-refractivity contribution in [3.63, 3.8) is 0 Å². The smallest absolute Gasteiger partial charge is 0.333 e. The summed E-state index contributed by atoms with van der Waals surface area (Å²) in [6.45, 7) is 9.50. The van der Waals surface area contributed by atoms with Gasteiger partial charge < -0.3 is 14.6 Å². The number of allylic oxidation sites excluding steroid dienone is 2. The number of hydrogen-bond acceptors (Lipinski definition) is 6. The quantitative estimate of drug-likeness (QED) is 0.283. The Hall–Kier alpha value is -2.73. The van der Waals surface area contributed by atoms with Gasteiger partial charge in [0.15, 0.2) is 0 Å². The molecule has 1 aromatic rings. The molecule has 166 valence electrons. The molecule has 0 unspecified atom stereocenters. The number of aliphatic hydroxyl groups is 1. The second kappa shape index (κ2) is 8.42. The molecule has 31 heavy (non-hydrogen) atoms. The number of ether oxygens (including phenoxy) is 2. The fourth-order valence-corrected chi connectivity index (χ4v) is 3.78. The van der Waals surface area contributed by atoms with Gasteiger partial charge in [0.2, 0.25) is 11.6 Å². The number of carbonyl (C=O) groups is 3. The molecule has 1 heterocycles. The van der Waals surface area contributed by atoms with Gasteiger partial charge in [-0.15, -0.1) is 0 Å². The van der Waals surface area contributed by atoms with Crippen LogP contribution in [0.1, 0.15) is 69.8 Å². The molecule has 2 aliphatic rings. The zero-order valence-electron chi connectivity index (χ0n) is 18.8. The molecular formula is C25H30O6. The molecule has 6 heteroatoms. The van der Waals surface area contributed by atoms with E-state index in [0.717, 1.165) is 12.8 Å². The molecule has 0 radical (unpaired) electrons. The number of ketones is 2. The van der Waals surface area contributed by atoms with Gasteiger partial charge >= 0.3 is 5.97 Å². The van der Waals surface area contributed by atoms with Crippen LogP contribution < -0.4 is 0 Å². The minimum absolute atomic E-state index is 0.0504. The van der Waals surface area contributed by atoms with Crippen LogP contribution in [0.2, 0.25) is 0 Å². The third kappa shape index (κ3) is 4.96. The molecule has 0 spiro atoms. The maximum absolute atomic E-state index is 12.6. The predicted octanol–water partition coefficient (Wildman–Crippen LogP) is 4.58. The van der Waals surface area contributed by atoms with Crippen molar-refractivity contribution < 1.29 is 29.0 Å². The molecule has 1 fully saturated rings. The van der Waals surface area contributed by atoms with Gasteiger partial charge in [0.05, 0.1) is 18.3 Å². The van der Waals surface area contributed by atoms with Gasteiger partial charge in [-0.25, -0.2) is 4.79 Å². The molecule has 0 aromatic heterocycles. The Morgan fingerprint density at radius 3 is 2.45 bits per heavy atom. The Labute approximate surface area is 182 Å². The maximum Gasteiger partial charge on any atom is 0.333 e. The Balaban J connectivity index is 1.61. The summed E-state index contributed by atoms with van der Waals surface area (Å²) in [4.78, 5) is 37.3. The van der Waals surface area contributed by atoms with E-state index in [1.807, 2.05) is 26.8 Å². The minimum Gasteiger partial charge on any atom is -0.507 e. The van der Waals surface area contributed by atoms with Crippen molar-refractivity contribution in [2.24, 2.45) is 5.41 Å². The highest BCUT2D eigenvalue weighted by molar-refractivity contribution is 6.52. The second-order valence-electron chi connectivity index (χ2n) is 9.45. The number of benzene rings is 1. The van der Waals surface area contributed by atoms with E-state index in [2.05, 4.69) is 6.92 Å².